The van der Waals surface area contributed by atoms with Gasteiger partial charge < -0.3 is 9.80 Å². The molecule has 0 saturated carbocycles. The van der Waals surface area contributed by atoms with E-state index >= 15 is 0 Å². The zero-order valence-electron chi connectivity index (χ0n) is 15.3. The molecule has 0 atom stereocenters. The molecule has 6 nitrogen and oxygen atoms in total. The Kier molecular flexibility index (Phi) is 6.47. The molecule has 0 unspecified atom stereocenters. The van der Waals surface area contributed by atoms with Crippen LogP contribution in [0.3, 0.4) is 0 Å². The predicted molar refractivity (Wildman–Crippen MR) is 106 cm³/mol. The standard InChI is InChI=1S/C20H25N3O3S/c24-20(12-7-13-21-27(25,26)19-10-5-2-6-11-19)23-16-14-22(15-17-23)18-8-3-1-4-9-18/h1-6,8-11,21H,7,12-17H2. The number of carbonyl (C=O) groups excluding carboxylic acids is 1. The van der Waals surface area contributed by atoms with Gasteiger partial charge in [0.25, 0.3) is 0 Å². The summed E-state index contributed by atoms with van der Waals surface area (Å²) < 4.78 is 26.8. The zero-order valence-corrected chi connectivity index (χ0v) is 16.1. The van der Waals surface area contributed by atoms with Crippen LogP contribution in [-0.4, -0.2) is 51.9 Å². The molecular weight excluding hydrogens is 362 g/mol. The third-order valence-electron chi connectivity index (χ3n) is 4.67. The zero-order chi connectivity index (χ0) is 19.1. The second kappa shape index (κ2) is 9.01. The molecule has 1 heterocycles. The monoisotopic (exact) mass is 387 g/mol. The lowest BCUT2D eigenvalue weighted by Gasteiger charge is -2.36. The van der Waals surface area contributed by atoms with Crippen molar-refractivity contribution in [2.75, 3.05) is 37.6 Å². The highest BCUT2D eigenvalue weighted by Crippen LogP contribution is 2.16. The molecule has 0 bridgehead atoms. The van der Waals surface area contributed by atoms with E-state index in [-0.39, 0.29) is 17.3 Å². The smallest absolute Gasteiger partial charge is 0.240 e. The molecule has 1 saturated heterocycles. The van der Waals surface area contributed by atoms with Crippen molar-refractivity contribution >= 4 is 21.6 Å². The number of nitrogens with one attached hydrogen (secondary N) is 1. The highest BCUT2D eigenvalue weighted by Gasteiger charge is 2.21. The van der Waals surface area contributed by atoms with Crippen LogP contribution in [0, 0.1) is 0 Å². The molecule has 1 fully saturated rings. The van der Waals surface area contributed by atoms with Gasteiger partial charge in [0.05, 0.1) is 4.90 Å². The maximum absolute atomic E-state index is 12.4. The van der Waals surface area contributed by atoms with Crippen LogP contribution < -0.4 is 9.62 Å². The first-order chi connectivity index (χ1) is 13.1. The van der Waals surface area contributed by atoms with Gasteiger partial charge in [0.1, 0.15) is 0 Å². The topological polar surface area (TPSA) is 69.7 Å². The average Bonchev–Trinajstić information content (AvgIpc) is 2.72. The van der Waals surface area contributed by atoms with Crippen LogP contribution in [-0.2, 0) is 14.8 Å². The van der Waals surface area contributed by atoms with Crippen LogP contribution in [0.5, 0.6) is 0 Å². The van der Waals surface area contributed by atoms with Crippen LogP contribution in [0.1, 0.15) is 12.8 Å². The molecule has 0 spiro atoms. The number of piperazine rings is 1. The molecule has 1 aliphatic rings. The first-order valence-corrected chi connectivity index (χ1v) is 10.7. The van der Waals surface area contributed by atoms with Gasteiger partial charge in [-0.25, -0.2) is 13.1 Å². The lowest BCUT2D eigenvalue weighted by Crippen LogP contribution is -2.48. The lowest BCUT2D eigenvalue weighted by molar-refractivity contribution is -0.131. The van der Waals surface area contributed by atoms with Crippen LogP contribution >= 0.6 is 0 Å². The molecule has 3 rings (SSSR count). The van der Waals surface area contributed by atoms with E-state index < -0.39 is 10.0 Å². The van der Waals surface area contributed by atoms with E-state index in [9.17, 15) is 13.2 Å². The second-order valence-corrected chi connectivity index (χ2v) is 8.28. The number of hydrogen-bond acceptors (Lipinski definition) is 4. The third kappa shape index (κ3) is 5.30. The fourth-order valence-electron chi connectivity index (χ4n) is 3.14. The van der Waals surface area contributed by atoms with E-state index in [1.54, 1.807) is 30.3 Å². The van der Waals surface area contributed by atoms with E-state index in [2.05, 4.69) is 21.8 Å². The first kappa shape index (κ1) is 19.4. The Hall–Kier alpha value is -2.38. The van der Waals surface area contributed by atoms with Crippen molar-refractivity contribution in [2.45, 2.75) is 17.7 Å². The van der Waals surface area contributed by atoms with Gasteiger partial charge in [-0.2, -0.15) is 0 Å². The lowest BCUT2D eigenvalue weighted by atomic mass is 10.2. The molecule has 27 heavy (non-hydrogen) atoms. The van der Waals surface area contributed by atoms with Gasteiger partial charge in [-0.15, -0.1) is 0 Å². The number of carbonyl (C=O) groups is 1. The summed E-state index contributed by atoms with van der Waals surface area (Å²) in [4.78, 5) is 16.8. The Morgan fingerprint density at radius 1 is 0.889 bits per heavy atom. The van der Waals surface area contributed by atoms with Crippen molar-refractivity contribution in [2.24, 2.45) is 0 Å². The highest BCUT2D eigenvalue weighted by atomic mass is 32.2. The molecule has 1 N–H and O–H groups in total. The van der Waals surface area contributed by atoms with Crippen molar-refractivity contribution in [3.8, 4) is 0 Å². The van der Waals surface area contributed by atoms with E-state index in [1.165, 1.54) is 5.69 Å². The number of para-hydroxylation sites is 1. The highest BCUT2D eigenvalue weighted by molar-refractivity contribution is 7.89. The second-order valence-electron chi connectivity index (χ2n) is 6.52. The summed E-state index contributed by atoms with van der Waals surface area (Å²) in [6.45, 7) is 3.28. The van der Waals surface area contributed by atoms with Crippen LogP contribution in [0.25, 0.3) is 0 Å². The van der Waals surface area contributed by atoms with Gasteiger partial charge in [-0.1, -0.05) is 36.4 Å². The number of benzene rings is 2. The predicted octanol–water partition coefficient (Wildman–Crippen LogP) is 2.09. The van der Waals surface area contributed by atoms with Gasteiger partial charge in [-0.05, 0) is 30.7 Å². The molecule has 144 valence electrons. The maximum Gasteiger partial charge on any atom is 0.240 e. The summed E-state index contributed by atoms with van der Waals surface area (Å²) in [6.07, 6.45) is 0.840. The number of rotatable bonds is 7. The normalized spacial score (nSPS) is 15.0. The van der Waals surface area contributed by atoms with E-state index in [0.29, 0.717) is 25.9 Å². The first-order valence-electron chi connectivity index (χ1n) is 9.19. The number of anilines is 1. The van der Waals surface area contributed by atoms with Crippen LogP contribution in [0.2, 0.25) is 0 Å². The van der Waals surface area contributed by atoms with Crippen molar-refractivity contribution < 1.29 is 13.2 Å². The van der Waals surface area contributed by atoms with Crippen molar-refractivity contribution in [1.29, 1.82) is 0 Å². The molecule has 0 aliphatic carbocycles. The Labute approximate surface area is 160 Å². The summed E-state index contributed by atoms with van der Waals surface area (Å²) in [6, 6.07) is 18.4. The Morgan fingerprint density at radius 2 is 1.48 bits per heavy atom. The summed E-state index contributed by atoms with van der Waals surface area (Å²) in [5.74, 6) is 0.0848. The van der Waals surface area contributed by atoms with E-state index in [1.807, 2.05) is 23.1 Å². The summed E-state index contributed by atoms with van der Waals surface area (Å²) in [5.41, 5.74) is 1.18. The van der Waals surface area contributed by atoms with Crippen molar-refractivity contribution in [3.05, 3.63) is 60.7 Å². The number of sulfonamides is 1. The number of nitrogens with zero attached hydrogens (tertiary/aromatic N) is 2. The fraction of sp³-hybridized carbons (Fsp3) is 0.350. The molecule has 1 aliphatic heterocycles. The van der Waals surface area contributed by atoms with Crippen molar-refractivity contribution in [3.63, 3.8) is 0 Å². The van der Waals surface area contributed by atoms with Gasteiger partial charge in [-0.3, -0.25) is 4.79 Å². The summed E-state index contributed by atoms with van der Waals surface area (Å²) >= 11 is 0. The van der Waals surface area contributed by atoms with Crippen LogP contribution in [0.15, 0.2) is 65.6 Å². The Morgan fingerprint density at radius 3 is 2.11 bits per heavy atom. The maximum atomic E-state index is 12.4. The van der Waals surface area contributed by atoms with E-state index in [4.69, 9.17) is 0 Å². The molecule has 1 amide bonds. The van der Waals surface area contributed by atoms with Gasteiger partial charge in [0, 0.05) is 44.8 Å². The minimum absolute atomic E-state index is 0.0848. The largest absolute Gasteiger partial charge is 0.368 e. The Bertz CT molecular complexity index is 833. The Balaban J connectivity index is 1.39. The minimum atomic E-state index is -3.50. The minimum Gasteiger partial charge on any atom is -0.368 e. The van der Waals surface area contributed by atoms with Crippen LogP contribution in [0.4, 0.5) is 5.69 Å². The van der Waals surface area contributed by atoms with Gasteiger partial charge in [0.2, 0.25) is 15.9 Å². The molecule has 0 radical (unpaired) electrons. The van der Waals surface area contributed by atoms with E-state index in [0.717, 1.165) is 13.1 Å². The molecule has 2 aromatic rings. The quantitative estimate of drug-likeness (QED) is 0.739. The fourth-order valence-corrected chi connectivity index (χ4v) is 4.24. The summed E-state index contributed by atoms with van der Waals surface area (Å²) in [7, 11) is -3.50. The summed E-state index contributed by atoms with van der Waals surface area (Å²) in [5, 5.41) is 0. The molecule has 2 aromatic carbocycles. The molecule has 0 aromatic heterocycles. The van der Waals surface area contributed by atoms with Crippen molar-refractivity contribution in [1.82, 2.24) is 9.62 Å². The molecule has 7 heteroatoms. The molecular formula is C20H25N3O3S. The van der Waals surface area contributed by atoms with Gasteiger partial charge in [0.15, 0.2) is 0 Å². The number of hydrogen-bond donors (Lipinski definition) is 1. The SMILES string of the molecule is O=C(CCCNS(=O)(=O)c1ccccc1)N1CCN(c2ccccc2)CC1. The number of amides is 1. The average molecular weight is 388 g/mol. The van der Waals surface area contributed by atoms with Gasteiger partial charge >= 0.3 is 0 Å². The third-order valence-corrected chi connectivity index (χ3v) is 6.14.